The average Bonchev–Trinajstić information content (AvgIpc) is 3.52. The van der Waals surface area contributed by atoms with Crippen molar-refractivity contribution in [1.82, 2.24) is 15.1 Å². The molecular formula is C23H19ClN4O6. The summed E-state index contributed by atoms with van der Waals surface area (Å²) in [7, 11) is 0. The number of nitro groups is 1. The molecule has 0 spiro atoms. The number of rotatable bonds is 9. The fraction of sp³-hybridized carbons (Fsp3) is 0.174. The molecule has 4 aromatic rings. The molecule has 0 aliphatic heterocycles. The third-order valence-corrected chi connectivity index (χ3v) is 4.99. The van der Waals surface area contributed by atoms with Gasteiger partial charge in [-0.1, -0.05) is 18.5 Å². The van der Waals surface area contributed by atoms with Crippen molar-refractivity contribution >= 4 is 23.2 Å². The summed E-state index contributed by atoms with van der Waals surface area (Å²) in [5, 5.41) is 19.5. The molecule has 1 amide bonds. The van der Waals surface area contributed by atoms with Gasteiger partial charge in [0.1, 0.15) is 5.75 Å². The third kappa shape index (κ3) is 5.24. The molecule has 10 nitrogen and oxygen atoms in total. The molecule has 0 saturated carbocycles. The molecular weight excluding hydrogens is 464 g/mol. The monoisotopic (exact) mass is 482 g/mol. The van der Waals surface area contributed by atoms with Gasteiger partial charge >= 0.3 is 5.69 Å². The quantitative estimate of drug-likeness (QED) is 0.218. The molecule has 0 unspecified atom stereocenters. The average molecular weight is 483 g/mol. The number of hydrogen-bond donors (Lipinski definition) is 0. The first-order chi connectivity index (χ1) is 16.4. The zero-order valence-corrected chi connectivity index (χ0v) is 18.8. The number of carbonyl (C=O) groups is 1. The van der Waals surface area contributed by atoms with E-state index in [9.17, 15) is 14.9 Å². The number of nitrogens with zero attached hydrogens (tertiary/aromatic N) is 4. The highest BCUT2D eigenvalue weighted by molar-refractivity contribution is 6.30. The van der Waals surface area contributed by atoms with Crippen LogP contribution in [0.15, 0.2) is 69.7 Å². The number of furan rings is 1. The van der Waals surface area contributed by atoms with E-state index < -0.39 is 4.92 Å². The van der Waals surface area contributed by atoms with Crippen molar-refractivity contribution in [2.75, 3.05) is 6.54 Å². The predicted octanol–water partition coefficient (Wildman–Crippen LogP) is 5.74. The molecule has 0 saturated heterocycles. The second kappa shape index (κ2) is 10.2. The van der Waals surface area contributed by atoms with Gasteiger partial charge in [-0.25, -0.2) is 0 Å². The van der Waals surface area contributed by atoms with E-state index in [4.69, 9.17) is 25.2 Å². The molecule has 0 radical (unpaired) electrons. The molecule has 2 aromatic carbocycles. The molecule has 2 heterocycles. The van der Waals surface area contributed by atoms with Gasteiger partial charge in [-0.15, -0.1) is 10.2 Å². The lowest BCUT2D eigenvalue weighted by Crippen LogP contribution is -2.31. The number of hydrogen-bond acceptors (Lipinski definition) is 8. The lowest BCUT2D eigenvalue weighted by Gasteiger charge is -2.20. The van der Waals surface area contributed by atoms with E-state index in [0.29, 0.717) is 23.6 Å². The SMILES string of the molecule is CCCN(Cc1nnc(-c2ccco2)o1)C(=O)c1ccc(Oc2ccc(Cl)cc2[N+](=O)[O-])cc1. The fourth-order valence-corrected chi connectivity index (χ4v) is 3.36. The van der Waals surface area contributed by atoms with Crippen molar-refractivity contribution in [2.24, 2.45) is 0 Å². The molecule has 2 aromatic heterocycles. The summed E-state index contributed by atoms with van der Waals surface area (Å²) in [6.45, 7) is 2.57. The first-order valence-electron chi connectivity index (χ1n) is 10.3. The van der Waals surface area contributed by atoms with Crippen LogP contribution in [-0.4, -0.2) is 32.5 Å². The number of ether oxygens (including phenoxy) is 1. The van der Waals surface area contributed by atoms with Gasteiger partial charge < -0.3 is 18.5 Å². The van der Waals surface area contributed by atoms with Gasteiger partial charge in [0.25, 0.3) is 11.8 Å². The summed E-state index contributed by atoms with van der Waals surface area (Å²) in [4.78, 5) is 25.4. The second-order valence-corrected chi connectivity index (χ2v) is 7.64. The molecule has 34 heavy (non-hydrogen) atoms. The van der Waals surface area contributed by atoms with Gasteiger partial charge in [-0.05, 0) is 55.0 Å². The molecule has 0 atom stereocenters. The van der Waals surface area contributed by atoms with Crippen LogP contribution in [0.4, 0.5) is 5.69 Å². The van der Waals surface area contributed by atoms with Gasteiger partial charge in [0.15, 0.2) is 5.76 Å². The van der Waals surface area contributed by atoms with Crippen molar-refractivity contribution in [2.45, 2.75) is 19.9 Å². The Morgan fingerprint density at radius 2 is 1.97 bits per heavy atom. The lowest BCUT2D eigenvalue weighted by atomic mass is 10.2. The Balaban J connectivity index is 1.47. The summed E-state index contributed by atoms with van der Waals surface area (Å²) in [5.41, 5.74) is 0.160. The summed E-state index contributed by atoms with van der Waals surface area (Å²) in [5.74, 6) is 1.12. The van der Waals surface area contributed by atoms with Crippen LogP contribution in [0.2, 0.25) is 5.02 Å². The van der Waals surface area contributed by atoms with E-state index >= 15 is 0 Å². The minimum Gasteiger partial charge on any atom is -0.459 e. The highest BCUT2D eigenvalue weighted by atomic mass is 35.5. The highest BCUT2D eigenvalue weighted by Gasteiger charge is 2.20. The van der Waals surface area contributed by atoms with Crippen LogP contribution >= 0.6 is 11.6 Å². The van der Waals surface area contributed by atoms with Gasteiger partial charge in [0.05, 0.1) is 17.7 Å². The fourth-order valence-electron chi connectivity index (χ4n) is 3.20. The van der Waals surface area contributed by atoms with E-state index in [2.05, 4.69) is 10.2 Å². The molecule has 0 N–H and O–H groups in total. The maximum atomic E-state index is 13.1. The van der Waals surface area contributed by atoms with Crippen LogP contribution in [-0.2, 0) is 6.54 Å². The molecule has 0 fully saturated rings. The number of amides is 1. The zero-order chi connectivity index (χ0) is 24.1. The van der Waals surface area contributed by atoms with E-state index in [1.807, 2.05) is 6.92 Å². The van der Waals surface area contributed by atoms with Gasteiger partial charge in [0.2, 0.25) is 11.6 Å². The second-order valence-electron chi connectivity index (χ2n) is 7.20. The van der Waals surface area contributed by atoms with Gasteiger partial charge in [0, 0.05) is 23.2 Å². The van der Waals surface area contributed by atoms with Crippen molar-refractivity contribution in [3.63, 3.8) is 0 Å². The Morgan fingerprint density at radius 1 is 1.18 bits per heavy atom. The molecule has 174 valence electrons. The molecule has 11 heteroatoms. The minimum atomic E-state index is -0.573. The minimum absolute atomic E-state index is 0.0461. The predicted molar refractivity (Wildman–Crippen MR) is 122 cm³/mol. The molecule has 0 aliphatic carbocycles. The largest absolute Gasteiger partial charge is 0.459 e. The lowest BCUT2D eigenvalue weighted by molar-refractivity contribution is -0.385. The maximum Gasteiger partial charge on any atom is 0.313 e. The van der Waals surface area contributed by atoms with Crippen molar-refractivity contribution in [3.8, 4) is 23.1 Å². The highest BCUT2D eigenvalue weighted by Crippen LogP contribution is 2.33. The van der Waals surface area contributed by atoms with Crippen LogP contribution in [0.1, 0.15) is 29.6 Å². The van der Waals surface area contributed by atoms with E-state index in [0.717, 1.165) is 6.42 Å². The topological polar surface area (TPSA) is 125 Å². The van der Waals surface area contributed by atoms with E-state index in [1.54, 1.807) is 41.3 Å². The Labute approximate surface area is 198 Å². The number of aromatic nitrogens is 2. The Bertz CT molecular complexity index is 1290. The number of carbonyl (C=O) groups excluding carboxylic acids is 1. The van der Waals surface area contributed by atoms with Crippen molar-refractivity contribution in [1.29, 1.82) is 0 Å². The van der Waals surface area contributed by atoms with Crippen LogP contribution in [0.5, 0.6) is 11.5 Å². The number of nitro benzene ring substituents is 1. The Morgan fingerprint density at radius 3 is 2.65 bits per heavy atom. The van der Waals surface area contributed by atoms with Crippen LogP contribution in [0.3, 0.4) is 0 Å². The van der Waals surface area contributed by atoms with Crippen molar-refractivity contribution < 1.29 is 23.3 Å². The number of halogens is 1. The van der Waals surface area contributed by atoms with Crippen LogP contribution in [0, 0.1) is 10.1 Å². The van der Waals surface area contributed by atoms with E-state index in [-0.39, 0.29) is 40.7 Å². The van der Waals surface area contributed by atoms with Crippen molar-refractivity contribution in [3.05, 3.63) is 87.5 Å². The third-order valence-electron chi connectivity index (χ3n) is 4.75. The summed E-state index contributed by atoms with van der Waals surface area (Å²) in [6, 6.07) is 13.9. The first-order valence-corrected chi connectivity index (χ1v) is 10.7. The number of benzene rings is 2. The maximum absolute atomic E-state index is 13.1. The van der Waals surface area contributed by atoms with Gasteiger partial charge in [-0.2, -0.15) is 0 Å². The molecule has 4 rings (SSSR count). The summed E-state index contributed by atoms with van der Waals surface area (Å²) in [6.07, 6.45) is 2.23. The standard InChI is InChI=1S/C23H19ClN4O6/c1-2-11-27(14-21-25-26-22(34-21)20-4-3-12-32-20)23(29)15-5-8-17(9-6-15)33-19-10-7-16(24)13-18(19)28(30)31/h3-10,12-13H,2,11,14H2,1H3. The molecule has 0 bridgehead atoms. The summed E-state index contributed by atoms with van der Waals surface area (Å²) >= 11 is 5.84. The zero-order valence-electron chi connectivity index (χ0n) is 18.0. The Kier molecular flexibility index (Phi) is 6.88. The van der Waals surface area contributed by atoms with Crippen LogP contribution in [0.25, 0.3) is 11.7 Å². The normalized spacial score (nSPS) is 10.8. The summed E-state index contributed by atoms with van der Waals surface area (Å²) < 4.78 is 16.5. The molecule has 0 aliphatic rings. The van der Waals surface area contributed by atoms with Gasteiger partial charge in [-0.3, -0.25) is 14.9 Å². The smallest absolute Gasteiger partial charge is 0.313 e. The first kappa shape index (κ1) is 23.0. The van der Waals surface area contributed by atoms with Crippen LogP contribution < -0.4 is 4.74 Å². The van der Waals surface area contributed by atoms with E-state index in [1.165, 1.54) is 24.5 Å². The Hall–Kier alpha value is -4.18.